The van der Waals surface area contributed by atoms with E-state index in [1.165, 1.54) is 5.56 Å². The lowest BCUT2D eigenvalue weighted by Gasteiger charge is -2.28. The Morgan fingerprint density at radius 2 is 1.75 bits per heavy atom. The number of urea groups is 1. The van der Waals surface area contributed by atoms with Crippen LogP contribution in [0, 0.1) is 0 Å². The third-order valence-electron chi connectivity index (χ3n) is 4.08. The molecule has 0 radical (unpaired) electrons. The second-order valence-electron chi connectivity index (χ2n) is 5.48. The zero-order chi connectivity index (χ0) is 15.2. The van der Waals surface area contributed by atoms with E-state index < -0.39 is 0 Å². The van der Waals surface area contributed by atoms with E-state index in [0.717, 1.165) is 18.5 Å². The van der Waals surface area contributed by atoms with Gasteiger partial charge in [-0.3, -0.25) is 0 Å². The number of benzene rings is 1. The second kappa shape index (κ2) is 7.29. The van der Waals surface area contributed by atoms with Gasteiger partial charge in [0.15, 0.2) is 0 Å². The van der Waals surface area contributed by atoms with Crippen LogP contribution in [0.15, 0.2) is 24.3 Å². The van der Waals surface area contributed by atoms with Crippen molar-refractivity contribution >= 4 is 11.7 Å². The van der Waals surface area contributed by atoms with Crippen LogP contribution >= 0.6 is 0 Å². The van der Waals surface area contributed by atoms with Crippen molar-refractivity contribution in [3.05, 3.63) is 29.8 Å². The quantitative estimate of drug-likeness (QED) is 0.743. The molecule has 1 aromatic rings. The van der Waals surface area contributed by atoms with Gasteiger partial charge in [0.1, 0.15) is 0 Å². The van der Waals surface area contributed by atoms with E-state index in [-0.39, 0.29) is 11.6 Å². The van der Waals surface area contributed by atoms with Crippen LogP contribution in [0.1, 0.15) is 52.1 Å². The standard InChI is InChI=1S/C16H27N3O/c1-6-16(4,7-2)19-15(20)18-14-10-8-13(9-11-14)12(3)17-5/h8-12,17H,6-7H2,1-5H3,(H2,18,19,20). The molecule has 20 heavy (non-hydrogen) atoms. The molecule has 112 valence electrons. The zero-order valence-electron chi connectivity index (χ0n) is 13.2. The van der Waals surface area contributed by atoms with E-state index in [0.29, 0.717) is 6.04 Å². The number of hydrogen-bond donors (Lipinski definition) is 3. The predicted molar refractivity (Wildman–Crippen MR) is 85.1 cm³/mol. The Bertz CT molecular complexity index is 424. The van der Waals surface area contributed by atoms with Gasteiger partial charge >= 0.3 is 6.03 Å². The summed E-state index contributed by atoms with van der Waals surface area (Å²) in [6, 6.07) is 8.06. The van der Waals surface area contributed by atoms with Crippen LogP contribution < -0.4 is 16.0 Å². The minimum absolute atomic E-state index is 0.148. The highest BCUT2D eigenvalue weighted by molar-refractivity contribution is 5.89. The molecular formula is C16H27N3O. The molecule has 0 aliphatic carbocycles. The molecule has 2 amide bonds. The van der Waals surface area contributed by atoms with Crippen LogP contribution in [0.4, 0.5) is 10.5 Å². The van der Waals surface area contributed by atoms with Crippen LogP contribution in [0.25, 0.3) is 0 Å². The van der Waals surface area contributed by atoms with Crippen molar-refractivity contribution in [1.29, 1.82) is 0 Å². The summed E-state index contributed by atoms with van der Waals surface area (Å²) in [6.07, 6.45) is 1.82. The molecular weight excluding hydrogens is 250 g/mol. The molecule has 4 heteroatoms. The molecule has 1 aromatic carbocycles. The average Bonchev–Trinajstić information content (AvgIpc) is 2.46. The van der Waals surface area contributed by atoms with E-state index in [4.69, 9.17) is 0 Å². The van der Waals surface area contributed by atoms with Gasteiger partial charge in [-0.15, -0.1) is 0 Å². The Kier molecular flexibility index (Phi) is 6.02. The lowest BCUT2D eigenvalue weighted by atomic mass is 9.96. The van der Waals surface area contributed by atoms with Crippen molar-refractivity contribution in [2.45, 2.75) is 52.1 Å². The SMILES string of the molecule is CCC(C)(CC)NC(=O)Nc1ccc(C(C)NC)cc1. The average molecular weight is 277 g/mol. The molecule has 0 aliphatic heterocycles. The molecule has 0 saturated heterocycles. The maximum atomic E-state index is 12.0. The summed E-state index contributed by atoms with van der Waals surface area (Å²) in [5.74, 6) is 0. The smallest absolute Gasteiger partial charge is 0.319 e. The first-order valence-corrected chi connectivity index (χ1v) is 7.30. The number of nitrogens with one attached hydrogen (secondary N) is 3. The van der Waals surface area contributed by atoms with Crippen molar-refractivity contribution in [3.63, 3.8) is 0 Å². The van der Waals surface area contributed by atoms with Gasteiger partial charge in [0.05, 0.1) is 0 Å². The maximum Gasteiger partial charge on any atom is 0.319 e. The minimum atomic E-state index is -0.148. The molecule has 0 spiro atoms. The molecule has 0 fully saturated rings. The summed E-state index contributed by atoms with van der Waals surface area (Å²) >= 11 is 0. The molecule has 4 nitrogen and oxygen atoms in total. The van der Waals surface area contributed by atoms with Crippen molar-refractivity contribution in [1.82, 2.24) is 10.6 Å². The molecule has 1 atom stereocenters. The second-order valence-corrected chi connectivity index (χ2v) is 5.48. The van der Waals surface area contributed by atoms with Gasteiger partial charge in [-0.25, -0.2) is 4.79 Å². The zero-order valence-corrected chi connectivity index (χ0v) is 13.2. The van der Waals surface area contributed by atoms with Crippen LogP contribution in [-0.4, -0.2) is 18.6 Å². The molecule has 0 aromatic heterocycles. The monoisotopic (exact) mass is 277 g/mol. The number of anilines is 1. The number of carbonyl (C=O) groups is 1. The van der Waals surface area contributed by atoms with Crippen LogP contribution in [-0.2, 0) is 0 Å². The van der Waals surface area contributed by atoms with E-state index in [2.05, 4.69) is 43.6 Å². The highest BCUT2D eigenvalue weighted by Gasteiger charge is 2.21. The molecule has 1 rings (SSSR count). The van der Waals surface area contributed by atoms with Gasteiger partial charge in [-0.05, 0) is 51.4 Å². The first kappa shape index (κ1) is 16.5. The Hall–Kier alpha value is -1.55. The summed E-state index contributed by atoms with van der Waals surface area (Å²) in [6.45, 7) is 8.32. The first-order chi connectivity index (χ1) is 9.44. The van der Waals surface area contributed by atoms with Gasteiger partial charge in [-0.2, -0.15) is 0 Å². The number of rotatable bonds is 6. The molecule has 0 aliphatic rings. The Labute approximate surface area is 122 Å². The van der Waals surface area contributed by atoms with Crippen LogP contribution in [0.5, 0.6) is 0 Å². The number of amides is 2. The molecule has 3 N–H and O–H groups in total. The Balaban J connectivity index is 2.63. The molecule has 0 bridgehead atoms. The van der Waals surface area contributed by atoms with Gasteiger partial charge in [-0.1, -0.05) is 26.0 Å². The maximum absolute atomic E-state index is 12.0. The van der Waals surface area contributed by atoms with Crippen LogP contribution in [0.2, 0.25) is 0 Å². The van der Waals surface area contributed by atoms with Crippen LogP contribution in [0.3, 0.4) is 0 Å². The van der Waals surface area contributed by atoms with E-state index in [1.54, 1.807) is 0 Å². The van der Waals surface area contributed by atoms with E-state index in [1.807, 2.05) is 31.3 Å². The van der Waals surface area contributed by atoms with Crippen molar-refractivity contribution < 1.29 is 4.79 Å². The van der Waals surface area contributed by atoms with E-state index in [9.17, 15) is 4.79 Å². The summed E-state index contributed by atoms with van der Waals surface area (Å²) in [4.78, 5) is 12.0. The fourth-order valence-electron chi connectivity index (χ4n) is 1.89. The Morgan fingerprint density at radius 3 is 2.20 bits per heavy atom. The highest BCUT2D eigenvalue weighted by atomic mass is 16.2. The van der Waals surface area contributed by atoms with Gasteiger partial charge in [0, 0.05) is 17.3 Å². The fourth-order valence-corrected chi connectivity index (χ4v) is 1.89. The molecule has 1 unspecified atom stereocenters. The van der Waals surface area contributed by atoms with E-state index >= 15 is 0 Å². The summed E-state index contributed by atoms with van der Waals surface area (Å²) < 4.78 is 0. The minimum Gasteiger partial charge on any atom is -0.333 e. The van der Waals surface area contributed by atoms with Crippen molar-refractivity contribution in [3.8, 4) is 0 Å². The highest BCUT2D eigenvalue weighted by Crippen LogP contribution is 2.17. The number of hydrogen-bond acceptors (Lipinski definition) is 2. The summed E-state index contributed by atoms with van der Waals surface area (Å²) in [5, 5.41) is 9.10. The van der Waals surface area contributed by atoms with Gasteiger partial charge in [0.25, 0.3) is 0 Å². The largest absolute Gasteiger partial charge is 0.333 e. The Morgan fingerprint density at radius 1 is 1.20 bits per heavy atom. The van der Waals surface area contributed by atoms with Crippen molar-refractivity contribution in [2.75, 3.05) is 12.4 Å². The predicted octanol–water partition coefficient (Wildman–Crippen LogP) is 3.67. The molecule has 0 heterocycles. The lowest BCUT2D eigenvalue weighted by Crippen LogP contribution is -2.46. The summed E-state index contributed by atoms with van der Waals surface area (Å²) in [7, 11) is 1.93. The van der Waals surface area contributed by atoms with Gasteiger partial charge < -0.3 is 16.0 Å². The molecule has 0 saturated carbocycles. The van der Waals surface area contributed by atoms with Crippen molar-refractivity contribution in [2.24, 2.45) is 0 Å². The summed E-state index contributed by atoms with van der Waals surface area (Å²) in [5.41, 5.74) is 1.86. The third kappa shape index (κ3) is 4.53. The fraction of sp³-hybridized carbons (Fsp3) is 0.562. The van der Waals surface area contributed by atoms with Gasteiger partial charge in [0.2, 0.25) is 0 Å². The lowest BCUT2D eigenvalue weighted by molar-refractivity contribution is 0.236. The topological polar surface area (TPSA) is 53.2 Å². The first-order valence-electron chi connectivity index (χ1n) is 7.30. The normalized spacial score (nSPS) is 12.8. The third-order valence-corrected chi connectivity index (χ3v) is 4.08. The number of carbonyl (C=O) groups excluding carboxylic acids is 1.